The Balaban J connectivity index is 2.21. The summed E-state index contributed by atoms with van der Waals surface area (Å²) in [7, 11) is 0. The topological polar surface area (TPSA) is 72.6 Å². The van der Waals surface area contributed by atoms with Crippen molar-refractivity contribution in [2.75, 3.05) is 13.2 Å². The summed E-state index contributed by atoms with van der Waals surface area (Å²) in [4.78, 5) is 14.9. The van der Waals surface area contributed by atoms with Crippen LogP contribution in [-0.2, 0) is 4.74 Å². The van der Waals surface area contributed by atoms with E-state index in [9.17, 15) is 4.79 Å². The van der Waals surface area contributed by atoms with E-state index in [1.807, 2.05) is 0 Å². The Morgan fingerprint density at radius 2 is 2.40 bits per heavy atom. The van der Waals surface area contributed by atoms with Gasteiger partial charge in [-0.15, -0.1) is 0 Å². The van der Waals surface area contributed by atoms with Gasteiger partial charge in [0, 0.05) is 6.61 Å². The van der Waals surface area contributed by atoms with Gasteiger partial charge in [0.05, 0.1) is 18.2 Å². The fourth-order valence-corrected chi connectivity index (χ4v) is 1.73. The number of hydrogen-bond acceptors (Lipinski definition) is 4. The largest absolute Gasteiger partial charge is 0.475 e. The lowest BCUT2D eigenvalue weighted by molar-refractivity contribution is 0.0626. The number of carboxylic acids is 1. The predicted molar refractivity (Wildman–Crippen MR) is 51.0 cm³/mol. The number of nitrogens with zero attached hydrogens (tertiary/aromatic N) is 1. The molecule has 0 spiro atoms. The first-order chi connectivity index (χ1) is 7.18. The molecule has 15 heavy (non-hydrogen) atoms. The Labute approximate surface area is 87.1 Å². The van der Waals surface area contributed by atoms with E-state index in [2.05, 4.69) is 4.98 Å². The minimum Gasteiger partial charge on any atom is -0.475 e. The maximum absolute atomic E-state index is 10.8. The lowest BCUT2D eigenvalue weighted by Crippen LogP contribution is -2.15. The molecule has 0 aromatic carbocycles. The van der Waals surface area contributed by atoms with Crippen LogP contribution in [0.3, 0.4) is 0 Å². The van der Waals surface area contributed by atoms with Gasteiger partial charge in [0.1, 0.15) is 0 Å². The molecule has 5 nitrogen and oxygen atoms in total. The molecule has 5 heteroatoms. The summed E-state index contributed by atoms with van der Waals surface area (Å²) in [5.74, 6) is -0.534. The normalized spacial score (nSPS) is 21.5. The third-order valence-electron chi connectivity index (χ3n) is 2.52. The van der Waals surface area contributed by atoms with Crippen LogP contribution in [0, 0.1) is 6.92 Å². The molecule has 0 amide bonds. The summed E-state index contributed by atoms with van der Waals surface area (Å²) in [5, 5.41) is 8.81. The second-order valence-electron chi connectivity index (χ2n) is 3.69. The Kier molecular flexibility index (Phi) is 2.73. The zero-order valence-corrected chi connectivity index (χ0v) is 8.52. The zero-order chi connectivity index (χ0) is 10.8. The number of hydrogen-bond donors (Lipinski definition) is 1. The number of rotatable bonds is 2. The lowest BCUT2D eigenvalue weighted by Gasteiger charge is -2.18. The van der Waals surface area contributed by atoms with Gasteiger partial charge in [0.25, 0.3) is 0 Å². The van der Waals surface area contributed by atoms with Crippen molar-refractivity contribution in [3.63, 3.8) is 0 Å². The fourth-order valence-electron chi connectivity index (χ4n) is 1.73. The SMILES string of the molecule is Cc1nc(C2CCCOC2)oc1C(=O)O. The van der Waals surface area contributed by atoms with E-state index < -0.39 is 5.97 Å². The van der Waals surface area contributed by atoms with Gasteiger partial charge < -0.3 is 14.3 Å². The van der Waals surface area contributed by atoms with Crippen LogP contribution < -0.4 is 0 Å². The third kappa shape index (κ3) is 2.02. The van der Waals surface area contributed by atoms with Crippen LogP contribution in [0.15, 0.2) is 4.42 Å². The molecule has 1 saturated heterocycles. The van der Waals surface area contributed by atoms with Crippen molar-refractivity contribution in [2.24, 2.45) is 0 Å². The summed E-state index contributed by atoms with van der Waals surface area (Å²) in [6.45, 7) is 2.97. The van der Waals surface area contributed by atoms with Crippen LogP contribution in [0.25, 0.3) is 0 Å². The molecule has 2 heterocycles. The highest BCUT2D eigenvalue weighted by molar-refractivity contribution is 5.85. The average molecular weight is 211 g/mol. The molecule has 1 N–H and O–H groups in total. The first kappa shape index (κ1) is 10.2. The van der Waals surface area contributed by atoms with Gasteiger partial charge in [0.15, 0.2) is 0 Å². The molecule has 0 radical (unpaired) electrons. The molecule has 0 aliphatic carbocycles. The monoisotopic (exact) mass is 211 g/mol. The molecule has 1 fully saturated rings. The van der Waals surface area contributed by atoms with Gasteiger partial charge in [-0.05, 0) is 19.8 Å². The van der Waals surface area contributed by atoms with E-state index in [4.69, 9.17) is 14.3 Å². The number of ether oxygens (including phenoxy) is 1. The van der Waals surface area contributed by atoms with Crippen molar-refractivity contribution in [1.82, 2.24) is 4.98 Å². The number of aromatic carboxylic acids is 1. The van der Waals surface area contributed by atoms with E-state index in [0.29, 0.717) is 18.2 Å². The van der Waals surface area contributed by atoms with E-state index in [0.717, 1.165) is 19.4 Å². The summed E-state index contributed by atoms with van der Waals surface area (Å²) in [6.07, 6.45) is 1.91. The molecular weight excluding hydrogens is 198 g/mol. The van der Waals surface area contributed by atoms with E-state index in [1.165, 1.54) is 0 Å². The zero-order valence-electron chi connectivity index (χ0n) is 8.52. The standard InChI is InChI=1S/C10H13NO4/c1-6-8(10(12)13)15-9(11-6)7-3-2-4-14-5-7/h7H,2-5H2,1H3,(H,12,13). The van der Waals surface area contributed by atoms with Crippen molar-refractivity contribution in [1.29, 1.82) is 0 Å². The van der Waals surface area contributed by atoms with Crippen LogP contribution >= 0.6 is 0 Å². The first-order valence-corrected chi connectivity index (χ1v) is 4.97. The van der Waals surface area contributed by atoms with Crippen LogP contribution in [0.2, 0.25) is 0 Å². The first-order valence-electron chi connectivity index (χ1n) is 4.97. The molecule has 1 aromatic heterocycles. The molecule has 0 saturated carbocycles. The average Bonchev–Trinajstić information content (AvgIpc) is 2.62. The maximum Gasteiger partial charge on any atom is 0.373 e. The molecule has 1 aromatic rings. The molecular formula is C10H13NO4. The molecule has 1 aliphatic rings. The summed E-state index contributed by atoms with van der Waals surface area (Å²) < 4.78 is 10.5. The number of carbonyl (C=O) groups is 1. The predicted octanol–water partition coefficient (Wildman–Crippen LogP) is 1.58. The summed E-state index contributed by atoms with van der Waals surface area (Å²) in [6, 6.07) is 0. The quantitative estimate of drug-likeness (QED) is 0.803. The van der Waals surface area contributed by atoms with Crippen LogP contribution in [-0.4, -0.2) is 29.3 Å². The Bertz CT molecular complexity index is 365. The van der Waals surface area contributed by atoms with Crippen molar-refractivity contribution in [3.05, 3.63) is 17.3 Å². The number of carboxylic acid groups (broad SMARTS) is 1. The highest BCUT2D eigenvalue weighted by atomic mass is 16.5. The highest BCUT2D eigenvalue weighted by Crippen LogP contribution is 2.26. The van der Waals surface area contributed by atoms with Crippen LogP contribution in [0.1, 0.15) is 40.9 Å². The van der Waals surface area contributed by atoms with E-state index >= 15 is 0 Å². The van der Waals surface area contributed by atoms with Crippen LogP contribution in [0.5, 0.6) is 0 Å². The van der Waals surface area contributed by atoms with Crippen LogP contribution in [0.4, 0.5) is 0 Å². The molecule has 0 bridgehead atoms. The van der Waals surface area contributed by atoms with Gasteiger partial charge >= 0.3 is 5.97 Å². The van der Waals surface area contributed by atoms with Gasteiger partial charge in [-0.25, -0.2) is 9.78 Å². The minimum atomic E-state index is -1.07. The molecule has 1 unspecified atom stereocenters. The molecule has 1 atom stereocenters. The minimum absolute atomic E-state index is 0.0597. The van der Waals surface area contributed by atoms with Crippen molar-refractivity contribution in [3.8, 4) is 0 Å². The maximum atomic E-state index is 10.8. The second kappa shape index (κ2) is 4.02. The summed E-state index contributed by atoms with van der Waals surface area (Å²) >= 11 is 0. The second-order valence-corrected chi connectivity index (χ2v) is 3.69. The Morgan fingerprint density at radius 1 is 1.60 bits per heavy atom. The van der Waals surface area contributed by atoms with E-state index in [1.54, 1.807) is 6.92 Å². The molecule has 2 rings (SSSR count). The van der Waals surface area contributed by atoms with Crippen molar-refractivity contribution < 1.29 is 19.1 Å². The third-order valence-corrected chi connectivity index (χ3v) is 2.52. The molecule has 1 aliphatic heterocycles. The number of aromatic nitrogens is 1. The lowest BCUT2D eigenvalue weighted by atomic mass is 10.0. The van der Waals surface area contributed by atoms with Gasteiger partial charge in [-0.2, -0.15) is 0 Å². The number of oxazole rings is 1. The van der Waals surface area contributed by atoms with Gasteiger partial charge in [-0.1, -0.05) is 0 Å². The fraction of sp³-hybridized carbons (Fsp3) is 0.600. The smallest absolute Gasteiger partial charge is 0.373 e. The highest BCUT2D eigenvalue weighted by Gasteiger charge is 2.24. The van der Waals surface area contributed by atoms with Gasteiger partial charge in [-0.3, -0.25) is 0 Å². The van der Waals surface area contributed by atoms with Crippen molar-refractivity contribution in [2.45, 2.75) is 25.7 Å². The van der Waals surface area contributed by atoms with Crippen molar-refractivity contribution >= 4 is 5.97 Å². The summed E-state index contributed by atoms with van der Waals surface area (Å²) in [5.41, 5.74) is 0.433. The van der Waals surface area contributed by atoms with Gasteiger partial charge in [0.2, 0.25) is 11.7 Å². The number of aryl methyl sites for hydroxylation is 1. The Hall–Kier alpha value is -1.36. The molecule has 82 valence electrons. The Morgan fingerprint density at radius 3 is 2.93 bits per heavy atom. The van der Waals surface area contributed by atoms with E-state index in [-0.39, 0.29) is 11.7 Å².